The minimum Gasteiger partial charge on any atom is -0.454 e. The molecule has 2 saturated heterocycles. The molecular formula is C20H22N4O5. The quantitative estimate of drug-likeness (QED) is 0.828. The minimum absolute atomic E-state index is 0.223. The molecular weight excluding hydrogens is 376 g/mol. The van der Waals surface area contributed by atoms with Crippen LogP contribution in [0.25, 0.3) is 0 Å². The second kappa shape index (κ2) is 7.49. The Hall–Kier alpha value is -2.91. The molecule has 9 nitrogen and oxygen atoms in total. The van der Waals surface area contributed by atoms with E-state index in [-0.39, 0.29) is 12.7 Å². The van der Waals surface area contributed by atoms with Gasteiger partial charge in [-0.25, -0.2) is 9.97 Å². The number of rotatable bonds is 4. The number of aromatic nitrogens is 2. The Bertz CT molecular complexity index is 888. The van der Waals surface area contributed by atoms with Crippen LogP contribution in [0, 0.1) is 0 Å². The van der Waals surface area contributed by atoms with Gasteiger partial charge in [-0.2, -0.15) is 0 Å². The van der Waals surface area contributed by atoms with E-state index in [0.29, 0.717) is 37.0 Å². The fraction of sp³-hybridized carbons (Fsp3) is 0.450. The molecule has 1 spiro atoms. The van der Waals surface area contributed by atoms with Gasteiger partial charge >= 0.3 is 0 Å². The Kier molecular flexibility index (Phi) is 4.69. The number of anilines is 1. The summed E-state index contributed by atoms with van der Waals surface area (Å²) in [7, 11) is 0. The van der Waals surface area contributed by atoms with Crippen molar-refractivity contribution in [2.24, 2.45) is 0 Å². The Morgan fingerprint density at radius 1 is 1.07 bits per heavy atom. The van der Waals surface area contributed by atoms with E-state index in [1.807, 2.05) is 18.2 Å². The van der Waals surface area contributed by atoms with E-state index < -0.39 is 5.79 Å². The highest BCUT2D eigenvalue weighted by Crippen LogP contribution is 2.33. The fourth-order valence-electron chi connectivity index (χ4n) is 3.77. The minimum atomic E-state index is -0.426. The van der Waals surface area contributed by atoms with E-state index in [1.54, 1.807) is 12.4 Å². The van der Waals surface area contributed by atoms with Crippen LogP contribution >= 0.6 is 0 Å². The maximum Gasteiger partial charge on any atom is 0.254 e. The average molecular weight is 398 g/mol. The number of carbonyl (C=O) groups excluding carboxylic acids is 1. The number of ether oxygens (including phenoxy) is 4. The largest absolute Gasteiger partial charge is 0.454 e. The number of hydrogen-bond donors (Lipinski definition) is 1. The predicted molar refractivity (Wildman–Crippen MR) is 102 cm³/mol. The van der Waals surface area contributed by atoms with Crippen LogP contribution < -0.4 is 19.7 Å². The molecule has 1 aromatic carbocycles. The lowest BCUT2D eigenvalue weighted by atomic mass is 10.0. The van der Waals surface area contributed by atoms with Crippen LogP contribution in [0.3, 0.4) is 0 Å². The van der Waals surface area contributed by atoms with E-state index in [0.717, 1.165) is 37.2 Å². The molecule has 152 valence electrons. The molecule has 1 aromatic heterocycles. The predicted octanol–water partition coefficient (Wildman–Crippen LogP) is 1.48. The van der Waals surface area contributed by atoms with Gasteiger partial charge in [-0.15, -0.1) is 0 Å². The Labute approximate surface area is 167 Å². The van der Waals surface area contributed by atoms with Crippen molar-refractivity contribution in [2.75, 3.05) is 38.0 Å². The third kappa shape index (κ3) is 3.70. The highest BCUT2D eigenvalue weighted by molar-refractivity contribution is 5.93. The zero-order chi connectivity index (χ0) is 19.7. The molecule has 0 unspecified atom stereocenters. The molecule has 0 aliphatic carbocycles. The van der Waals surface area contributed by atoms with Gasteiger partial charge in [0.2, 0.25) is 12.7 Å². The zero-order valence-electron chi connectivity index (χ0n) is 15.9. The van der Waals surface area contributed by atoms with Crippen molar-refractivity contribution in [1.82, 2.24) is 15.3 Å². The fourth-order valence-corrected chi connectivity index (χ4v) is 3.77. The van der Waals surface area contributed by atoms with Gasteiger partial charge < -0.3 is 29.2 Å². The lowest BCUT2D eigenvalue weighted by Crippen LogP contribution is -2.45. The Morgan fingerprint density at radius 3 is 2.55 bits per heavy atom. The number of fused-ring (bicyclic) bond motifs is 1. The Morgan fingerprint density at radius 2 is 1.79 bits per heavy atom. The summed E-state index contributed by atoms with van der Waals surface area (Å²) in [5.74, 6) is 1.38. The second-order valence-electron chi connectivity index (χ2n) is 7.24. The smallest absolute Gasteiger partial charge is 0.254 e. The summed E-state index contributed by atoms with van der Waals surface area (Å²) in [6.45, 7) is 3.45. The van der Waals surface area contributed by atoms with Gasteiger partial charge in [-0.05, 0) is 17.7 Å². The number of nitrogens with one attached hydrogen (secondary N) is 1. The molecule has 4 heterocycles. The molecule has 9 heteroatoms. The topological polar surface area (TPSA) is 95.0 Å². The van der Waals surface area contributed by atoms with Crippen molar-refractivity contribution in [2.45, 2.75) is 25.2 Å². The summed E-state index contributed by atoms with van der Waals surface area (Å²) in [6.07, 6.45) is 4.69. The van der Waals surface area contributed by atoms with Gasteiger partial charge in [0.25, 0.3) is 5.91 Å². The van der Waals surface area contributed by atoms with E-state index in [4.69, 9.17) is 18.9 Å². The van der Waals surface area contributed by atoms with Crippen LogP contribution in [-0.2, 0) is 16.0 Å². The molecule has 1 amide bonds. The normalized spacial score (nSPS) is 19.5. The molecule has 0 radical (unpaired) electrons. The molecule has 29 heavy (non-hydrogen) atoms. The number of nitrogens with zero attached hydrogens (tertiary/aromatic N) is 3. The first-order chi connectivity index (χ1) is 14.2. The molecule has 0 bridgehead atoms. The first-order valence-corrected chi connectivity index (χ1v) is 9.72. The van der Waals surface area contributed by atoms with Crippen LogP contribution in [-0.4, -0.2) is 54.8 Å². The first kappa shape index (κ1) is 18.1. The third-order valence-electron chi connectivity index (χ3n) is 5.41. The summed E-state index contributed by atoms with van der Waals surface area (Å²) in [5.41, 5.74) is 1.35. The number of benzene rings is 1. The molecule has 3 aliphatic heterocycles. The van der Waals surface area contributed by atoms with Gasteiger partial charge in [0.05, 0.1) is 18.8 Å². The monoisotopic (exact) mass is 398 g/mol. The number of piperidine rings is 1. The number of hydrogen-bond acceptors (Lipinski definition) is 8. The van der Waals surface area contributed by atoms with Crippen molar-refractivity contribution in [3.8, 4) is 11.5 Å². The third-order valence-corrected chi connectivity index (χ3v) is 5.41. The molecule has 0 saturated carbocycles. The van der Waals surface area contributed by atoms with Crippen molar-refractivity contribution in [3.63, 3.8) is 0 Å². The molecule has 3 aliphatic rings. The number of carbonyl (C=O) groups is 1. The van der Waals surface area contributed by atoms with Crippen molar-refractivity contribution >= 4 is 11.9 Å². The summed E-state index contributed by atoms with van der Waals surface area (Å²) in [4.78, 5) is 23.3. The SMILES string of the molecule is O=C(NCc1ccc2c(c1)OCO2)c1cnc(N2CCC3(CC2)OCCO3)nc1. The maximum atomic E-state index is 12.4. The highest BCUT2D eigenvalue weighted by Gasteiger charge is 2.40. The van der Waals surface area contributed by atoms with Crippen molar-refractivity contribution in [1.29, 1.82) is 0 Å². The van der Waals surface area contributed by atoms with E-state index >= 15 is 0 Å². The lowest BCUT2D eigenvalue weighted by Gasteiger charge is -2.37. The van der Waals surface area contributed by atoms with Crippen LogP contribution in [0.5, 0.6) is 11.5 Å². The molecule has 2 fully saturated rings. The Balaban J connectivity index is 1.16. The zero-order valence-corrected chi connectivity index (χ0v) is 15.9. The van der Waals surface area contributed by atoms with Crippen LogP contribution in [0.1, 0.15) is 28.8 Å². The van der Waals surface area contributed by atoms with E-state index in [1.165, 1.54) is 0 Å². The molecule has 2 aromatic rings. The lowest BCUT2D eigenvalue weighted by molar-refractivity contribution is -0.169. The van der Waals surface area contributed by atoms with Crippen LogP contribution in [0.4, 0.5) is 5.95 Å². The molecule has 5 rings (SSSR count). The summed E-state index contributed by atoms with van der Waals surface area (Å²) in [5, 5.41) is 2.88. The molecule has 0 atom stereocenters. The summed E-state index contributed by atoms with van der Waals surface area (Å²) >= 11 is 0. The first-order valence-electron chi connectivity index (χ1n) is 9.72. The second-order valence-corrected chi connectivity index (χ2v) is 7.24. The van der Waals surface area contributed by atoms with Crippen LogP contribution in [0.15, 0.2) is 30.6 Å². The van der Waals surface area contributed by atoms with Gasteiger partial charge in [-0.3, -0.25) is 4.79 Å². The maximum absolute atomic E-state index is 12.4. The van der Waals surface area contributed by atoms with Crippen molar-refractivity contribution in [3.05, 3.63) is 41.7 Å². The number of amides is 1. The van der Waals surface area contributed by atoms with Gasteiger partial charge in [0, 0.05) is 44.9 Å². The molecule has 1 N–H and O–H groups in total. The van der Waals surface area contributed by atoms with Gasteiger partial charge in [-0.1, -0.05) is 6.07 Å². The highest BCUT2D eigenvalue weighted by atomic mass is 16.7. The van der Waals surface area contributed by atoms with Crippen LogP contribution in [0.2, 0.25) is 0 Å². The van der Waals surface area contributed by atoms with Gasteiger partial charge in [0.15, 0.2) is 17.3 Å². The summed E-state index contributed by atoms with van der Waals surface area (Å²) in [6, 6.07) is 5.60. The van der Waals surface area contributed by atoms with E-state index in [2.05, 4.69) is 20.2 Å². The average Bonchev–Trinajstić information content (AvgIpc) is 3.42. The van der Waals surface area contributed by atoms with Gasteiger partial charge in [0.1, 0.15) is 0 Å². The standard InChI is InChI=1S/C20H22N4O5/c25-18(21-10-14-1-2-16-17(9-14)27-13-26-16)15-11-22-19(23-12-15)24-5-3-20(4-6-24)28-7-8-29-20/h1-2,9,11-12H,3-8,10,13H2,(H,21,25). The van der Waals surface area contributed by atoms with Crippen molar-refractivity contribution < 1.29 is 23.7 Å². The summed E-state index contributed by atoms with van der Waals surface area (Å²) < 4.78 is 22.1. The van der Waals surface area contributed by atoms with E-state index in [9.17, 15) is 4.79 Å².